The van der Waals surface area contributed by atoms with Gasteiger partial charge in [0.05, 0.1) is 18.7 Å². The molecule has 0 saturated carbocycles. The summed E-state index contributed by atoms with van der Waals surface area (Å²) in [5.41, 5.74) is 0.699. The standard InChI is InChI=1S/C15H21FN4O3S/c1-23-7-6-18-2-4-19(5-3-18)11-8-12(16)15(13(21)9-11)20-10-14(22)17-24-20/h8-9,21H,2-7,10H2,1H3,(H,17,22). The van der Waals surface area contributed by atoms with E-state index in [1.807, 2.05) is 0 Å². The Bertz CT molecular complexity index is 587. The Kier molecular flexibility index (Phi) is 5.32. The number of hydrogen-bond acceptors (Lipinski definition) is 7. The maximum atomic E-state index is 14.5. The largest absolute Gasteiger partial charge is 0.506 e. The minimum Gasteiger partial charge on any atom is -0.506 e. The minimum absolute atomic E-state index is 0.0205. The van der Waals surface area contributed by atoms with E-state index >= 15 is 0 Å². The molecule has 1 aromatic carbocycles. The van der Waals surface area contributed by atoms with Crippen molar-refractivity contribution in [1.82, 2.24) is 9.62 Å². The van der Waals surface area contributed by atoms with E-state index in [9.17, 15) is 14.3 Å². The van der Waals surface area contributed by atoms with Gasteiger partial charge < -0.3 is 14.7 Å². The number of hydrogen-bond donors (Lipinski definition) is 2. The average Bonchev–Trinajstić information content (AvgIpc) is 2.98. The topological polar surface area (TPSA) is 68.3 Å². The lowest BCUT2D eigenvalue weighted by Crippen LogP contribution is -2.47. The van der Waals surface area contributed by atoms with Gasteiger partial charge in [0, 0.05) is 51.6 Å². The van der Waals surface area contributed by atoms with Crippen LogP contribution in [-0.2, 0) is 9.53 Å². The number of aromatic hydroxyl groups is 1. The molecule has 2 aliphatic heterocycles. The summed E-state index contributed by atoms with van der Waals surface area (Å²) in [7, 11) is 1.69. The van der Waals surface area contributed by atoms with Crippen LogP contribution >= 0.6 is 12.1 Å². The van der Waals surface area contributed by atoms with Crippen molar-refractivity contribution in [2.45, 2.75) is 0 Å². The summed E-state index contributed by atoms with van der Waals surface area (Å²) in [5, 5.41) is 10.2. The van der Waals surface area contributed by atoms with Crippen LogP contribution < -0.4 is 13.9 Å². The molecule has 7 nitrogen and oxygen atoms in total. The second kappa shape index (κ2) is 7.45. The predicted molar refractivity (Wildman–Crippen MR) is 91.7 cm³/mol. The zero-order valence-electron chi connectivity index (χ0n) is 13.5. The molecule has 0 unspecified atom stereocenters. The van der Waals surface area contributed by atoms with Gasteiger partial charge in [-0.05, 0) is 6.07 Å². The van der Waals surface area contributed by atoms with Crippen molar-refractivity contribution in [3.05, 3.63) is 17.9 Å². The molecule has 9 heteroatoms. The van der Waals surface area contributed by atoms with Gasteiger partial charge in [-0.3, -0.25) is 18.7 Å². The third-order valence-corrected chi connectivity index (χ3v) is 5.03. The number of rotatable bonds is 5. The molecule has 0 aromatic heterocycles. The summed E-state index contributed by atoms with van der Waals surface area (Å²) >= 11 is 0.983. The van der Waals surface area contributed by atoms with E-state index in [1.54, 1.807) is 13.2 Å². The predicted octanol–water partition coefficient (Wildman–Crippen LogP) is 0.799. The van der Waals surface area contributed by atoms with Gasteiger partial charge in [0.1, 0.15) is 18.0 Å². The molecular formula is C15H21FN4O3S. The molecule has 2 heterocycles. The Morgan fingerprint density at radius 1 is 1.33 bits per heavy atom. The Balaban J connectivity index is 1.68. The fourth-order valence-corrected chi connectivity index (χ4v) is 3.61. The van der Waals surface area contributed by atoms with Crippen molar-refractivity contribution in [2.24, 2.45) is 0 Å². The quantitative estimate of drug-likeness (QED) is 0.757. The third-order valence-electron chi connectivity index (χ3n) is 4.18. The van der Waals surface area contributed by atoms with Crippen molar-refractivity contribution >= 4 is 29.4 Å². The zero-order valence-corrected chi connectivity index (χ0v) is 14.3. The number of nitrogens with one attached hydrogen (secondary N) is 1. The van der Waals surface area contributed by atoms with Crippen molar-refractivity contribution in [2.75, 3.05) is 62.2 Å². The van der Waals surface area contributed by atoms with Gasteiger partial charge in [-0.25, -0.2) is 4.39 Å². The SMILES string of the molecule is COCCN1CCN(c2cc(O)c(N3CC(=O)NS3)c(F)c2)CC1. The normalized spacial score (nSPS) is 19.0. The lowest BCUT2D eigenvalue weighted by atomic mass is 10.2. The number of carbonyl (C=O) groups excluding carboxylic acids is 1. The average molecular weight is 356 g/mol. The number of anilines is 2. The first kappa shape index (κ1) is 17.1. The molecule has 0 aliphatic carbocycles. The van der Waals surface area contributed by atoms with Gasteiger partial charge in [-0.15, -0.1) is 0 Å². The van der Waals surface area contributed by atoms with Gasteiger partial charge in [-0.2, -0.15) is 0 Å². The van der Waals surface area contributed by atoms with Crippen LogP contribution in [0.4, 0.5) is 15.8 Å². The van der Waals surface area contributed by atoms with E-state index in [0.717, 1.165) is 44.9 Å². The van der Waals surface area contributed by atoms with Crippen molar-refractivity contribution in [3.63, 3.8) is 0 Å². The Hall–Kier alpha value is -1.71. The van der Waals surface area contributed by atoms with Gasteiger partial charge in [0.15, 0.2) is 5.82 Å². The maximum absolute atomic E-state index is 14.5. The molecule has 2 aliphatic rings. The number of halogens is 1. The van der Waals surface area contributed by atoms with Gasteiger partial charge in [0.2, 0.25) is 0 Å². The number of phenolic OH excluding ortho intramolecular Hbond substituents is 1. The molecule has 2 saturated heterocycles. The smallest absolute Gasteiger partial charge is 0.251 e. The van der Waals surface area contributed by atoms with E-state index in [0.29, 0.717) is 12.3 Å². The van der Waals surface area contributed by atoms with Gasteiger partial charge in [0.25, 0.3) is 5.91 Å². The number of methoxy groups -OCH3 is 1. The lowest BCUT2D eigenvalue weighted by molar-refractivity contribution is -0.117. The zero-order chi connectivity index (χ0) is 17.1. The monoisotopic (exact) mass is 356 g/mol. The highest BCUT2D eigenvalue weighted by atomic mass is 32.2. The molecule has 2 N–H and O–H groups in total. The highest BCUT2D eigenvalue weighted by Gasteiger charge is 2.27. The van der Waals surface area contributed by atoms with Crippen molar-refractivity contribution < 1.29 is 19.0 Å². The molecule has 3 rings (SSSR count). The highest BCUT2D eigenvalue weighted by Crippen LogP contribution is 2.38. The minimum atomic E-state index is -0.532. The molecule has 0 bridgehead atoms. The van der Waals surface area contributed by atoms with Crippen LogP contribution in [0.2, 0.25) is 0 Å². The fraction of sp³-hybridized carbons (Fsp3) is 0.533. The van der Waals surface area contributed by atoms with Crippen LogP contribution in [0.5, 0.6) is 5.75 Å². The number of carbonyl (C=O) groups is 1. The fourth-order valence-electron chi connectivity index (χ4n) is 2.88. The van der Waals surface area contributed by atoms with Crippen LogP contribution in [0, 0.1) is 5.82 Å². The van der Waals surface area contributed by atoms with Gasteiger partial charge >= 0.3 is 0 Å². The van der Waals surface area contributed by atoms with E-state index in [2.05, 4.69) is 14.5 Å². The molecular weight excluding hydrogens is 335 g/mol. The number of nitrogens with zero attached hydrogens (tertiary/aromatic N) is 3. The summed E-state index contributed by atoms with van der Waals surface area (Å²) in [6.07, 6.45) is 0. The Morgan fingerprint density at radius 2 is 2.08 bits per heavy atom. The lowest BCUT2D eigenvalue weighted by Gasteiger charge is -2.36. The number of benzene rings is 1. The molecule has 0 atom stereocenters. The number of ether oxygens (including phenoxy) is 1. The van der Waals surface area contributed by atoms with Crippen LogP contribution in [0.3, 0.4) is 0 Å². The molecule has 1 amide bonds. The first-order valence-electron chi connectivity index (χ1n) is 7.80. The van der Waals surface area contributed by atoms with Crippen LogP contribution in [0.15, 0.2) is 12.1 Å². The van der Waals surface area contributed by atoms with Gasteiger partial charge in [-0.1, -0.05) is 0 Å². The summed E-state index contributed by atoms with van der Waals surface area (Å²) in [5.74, 6) is -0.901. The third kappa shape index (κ3) is 3.68. The Morgan fingerprint density at radius 3 is 2.67 bits per heavy atom. The molecule has 1 aromatic rings. The van der Waals surface area contributed by atoms with E-state index < -0.39 is 5.82 Å². The summed E-state index contributed by atoms with van der Waals surface area (Å²) in [6.45, 7) is 4.87. The highest BCUT2D eigenvalue weighted by molar-refractivity contribution is 7.99. The van der Waals surface area contributed by atoms with Crippen LogP contribution in [0.1, 0.15) is 0 Å². The molecule has 0 radical (unpaired) electrons. The van der Waals surface area contributed by atoms with E-state index in [-0.39, 0.29) is 23.9 Å². The summed E-state index contributed by atoms with van der Waals surface area (Å²) < 4.78 is 23.5. The maximum Gasteiger partial charge on any atom is 0.251 e. The second-order valence-corrected chi connectivity index (χ2v) is 6.60. The molecule has 132 valence electrons. The summed E-state index contributed by atoms with van der Waals surface area (Å²) in [6, 6.07) is 2.98. The first-order valence-corrected chi connectivity index (χ1v) is 8.58. The first-order chi connectivity index (χ1) is 11.6. The van der Waals surface area contributed by atoms with Crippen molar-refractivity contribution in [1.29, 1.82) is 0 Å². The molecule has 2 fully saturated rings. The molecule has 0 spiro atoms. The van der Waals surface area contributed by atoms with E-state index in [1.165, 1.54) is 10.4 Å². The number of phenols is 1. The number of amides is 1. The summed E-state index contributed by atoms with van der Waals surface area (Å²) in [4.78, 5) is 15.6. The van der Waals surface area contributed by atoms with E-state index in [4.69, 9.17) is 4.74 Å². The Labute approximate surface area is 144 Å². The van der Waals surface area contributed by atoms with Crippen molar-refractivity contribution in [3.8, 4) is 5.75 Å². The molecule has 24 heavy (non-hydrogen) atoms. The van der Waals surface area contributed by atoms with Crippen LogP contribution in [0.25, 0.3) is 0 Å². The van der Waals surface area contributed by atoms with Crippen LogP contribution in [-0.4, -0.2) is 68.9 Å². The second-order valence-electron chi connectivity index (χ2n) is 5.77. The number of piperazine rings is 1.